The lowest BCUT2D eigenvalue weighted by Crippen LogP contribution is -2.60. The van der Waals surface area contributed by atoms with Crippen molar-refractivity contribution in [2.45, 2.75) is 117 Å². The van der Waals surface area contributed by atoms with Crippen LogP contribution < -0.4 is 5.43 Å². The zero-order chi connectivity index (χ0) is 44.9. The molecule has 8 atom stereocenters. The third-order valence-electron chi connectivity index (χ3n) is 13.7. The fraction of sp³-hybridized carbons (Fsp3) is 0.562. The number of fused-ring (bicyclic) bond motifs is 6. The van der Waals surface area contributed by atoms with Gasteiger partial charge in [0.1, 0.15) is 23.7 Å². The van der Waals surface area contributed by atoms with Crippen molar-refractivity contribution in [1.29, 1.82) is 0 Å². The van der Waals surface area contributed by atoms with Gasteiger partial charge < -0.3 is 23.7 Å². The van der Waals surface area contributed by atoms with E-state index in [1.165, 1.54) is 20.9 Å². The molecule has 8 rings (SSSR count). The molecule has 6 bridgehead atoms. The number of aryl methyl sites for hydroxylation is 1. The number of benzene rings is 1. The SMILES string of the molecule is C=[N+](C(=O)[C@@H]1[C@@H](C)[C@H]1C(=O)N1CCC[C@@H]1C)[C@@H]1C(=O)N2CCC[C@H](N2)C(=O)OCC(C)(C)Cc2c(-c3cccnc3[C@H](C)OC)n(CC)c3ccc(cc23)-c2csc(n2)[C@H]1OCC. The van der Waals surface area contributed by atoms with Crippen LogP contribution in [0.15, 0.2) is 41.9 Å². The van der Waals surface area contributed by atoms with Gasteiger partial charge in [-0.25, -0.2) is 15.2 Å². The largest absolute Gasteiger partial charge is 0.464 e. The maximum Gasteiger partial charge on any atom is 0.391 e. The molecule has 336 valence electrons. The molecule has 0 spiro atoms. The maximum atomic E-state index is 15.0. The van der Waals surface area contributed by atoms with E-state index in [0.29, 0.717) is 49.6 Å². The number of nitrogens with one attached hydrogen (secondary N) is 1. The highest BCUT2D eigenvalue weighted by Crippen LogP contribution is 2.49. The van der Waals surface area contributed by atoms with Gasteiger partial charge in [-0.2, -0.15) is 4.58 Å². The number of thiazole rings is 1. The van der Waals surface area contributed by atoms with Gasteiger partial charge in [-0.05, 0) is 95.5 Å². The predicted octanol–water partition coefficient (Wildman–Crippen LogP) is 6.75. The number of hydrogen-bond acceptors (Lipinski definition) is 11. The number of ether oxygens (including phenoxy) is 3. The molecule has 3 aliphatic heterocycles. The number of esters is 1. The number of rotatable bonds is 9. The Hall–Kier alpha value is -4.83. The zero-order valence-electron chi connectivity index (χ0n) is 37.9. The number of methoxy groups -OCH3 is 1. The highest BCUT2D eigenvalue weighted by Gasteiger charge is 2.63. The van der Waals surface area contributed by atoms with E-state index in [4.69, 9.17) is 24.2 Å². The summed E-state index contributed by atoms with van der Waals surface area (Å²) < 4.78 is 21.9. The van der Waals surface area contributed by atoms with Crippen molar-refractivity contribution in [3.05, 3.63) is 58.2 Å². The third-order valence-corrected chi connectivity index (χ3v) is 14.6. The monoisotopic (exact) mass is 880 g/mol. The Labute approximate surface area is 374 Å². The van der Waals surface area contributed by atoms with Crippen molar-refractivity contribution in [3.8, 4) is 22.5 Å². The van der Waals surface area contributed by atoms with E-state index < -0.39 is 53.2 Å². The van der Waals surface area contributed by atoms with Crippen LogP contribution >= 0.6 is 11.3 Å². The van der Waals surface area contributed by atoms with Gasteiger partial charge in [0.05, 0.1) is 35.7 Å². The molecule has 3 amide bonds. The van der Waals surface area contributed by atoms with E-state index in [1.54, 1.807) is 13.3 Å². The molecule has 3 fully saturated rings. The first kappa shape index (κ1) is 44.8. The lowest BCUT2D eigenvalue weighted by Gasteiger charge is -2.35. The number of cyclic esters (lactones) is 1. The minimum Gasteiger partial charge on any atom is -0.464 e. The summed E-state index contributed by atoms with van der Waals surface area (Å²) in [5.41, 5.74) is 9.22. The van der Waals surface area contributed by atoms with Crippen molar-refractivity contribution in [2.24, 2.45) is 23.2 Å². The van der Waals surface area contributed by atoms with Crippen LogP contribution in [0.25, 0.3) is 33.4 Å². The molecular formula is C48H62N7O7S+. The summed E-state index contributed by atoms with van der Waals surface area (Å²) in [5, 5.41) is 4.92. The Morgan fingerprint density at radius 2 is 1.89 bits per heavy atom. The first-order valence-corrected chi connectivity index (χ1v) is 23.5. The highest BCUT2D eigenvalue weighted by atomic mass is 32.1. The van der Waals surface area contributed by atoms with E-state index in [2.05, 4.69) is 61.7 Å². The summed E-state index contributed by atoms with van der Waals surface area (Å²) in [6.07, 6.45) is 3.97. The molecule has 0 unspecified atom stereocenters. The molecule has 1 N–H and O–H groups in total. The molecule has 4 aromatic rings. The van der Waals surface area contributed by atoms with E-state index in [-0.39, 0.29) is 37.2 Å². The summed E-state index contributed by atoms with van der Waals surface area (Å²) in [7, 11) is 1.69. The van der Waals surface area contributed by atoms with Crippen molar-refractivity contribution in [2.75, 3.05) is 33.4 Å². The first-order chi connectivity index (χ1) is 30.2. The normalized spacial score (nSPS) is 26.6. The van der Waals surface area contributed by atoms with E-state index in [1.807, 2.05) is 44.0 Å². The van der Waals surface area contributed by atoms with Crippen LogP contribution in [0.4, 0.5) is 0 Å². The van der Waals surface area contributed by atoms with Gasteiger partial charge in [0.2, 0.25) is 5.91 Å². The van der Waals surface area contributed by atoms with Crippen LogP contribution in [0.3, 0.4) is 0 Å². The molecule has 63 heavy (non-hydrogen) atoms. The number of likely N-dealkylation sites (tertiary alicyclic amines) is 1. The quantitative estimate of drug-likeness (QED) is 0.109. The number of nitrogens with zero attached hydrogens (tertiary/aromatic N) is 6. The average molecular weight is 881 g/mol. The van der Waals surface area contributed by atoms with E-state index in [0.717, 1.165) is 51.8 Å². The number of aromatic nitrogens is 3. The van der Waals surface area contributed by atoms with Crippen molar-refractivity contribution in [3.63, 3.8) is 0 Å². The molecule has 1 aromatic carbocycles. The molecule has 14 nitrogen and oxygen atoms in total. The molecule has 1 saturated carbocycles. The number of pyridine rings is 1. The van der Waals surface area contributed by atoms with Crippen LogP contribution in [0.5, 0.6) is 0 Å². The minimum atomic E-state index is -1.26. The minimum absolute atomic E-state index is 0.0182. The fourth-order valence-corrected chi connectivity index (χ4v) is 11.0. The summed E-state index contributed by atoms with van der Waals surface area (Å²) in [4.78, 5) is 69.1. The number of carbonyl (C=O) groups excluding carboxylic acids is 4. The lowest BCUT2D eigenvalue weighted by molar-refractivity contribution is -0.486. The topological polar surface area (TPSA) is 148 Å². The standard InChI is InChI=1S/C48H62N7O7S/c1-10-53-36-19-18-30-23-32(36)33(40(53)31-16-12-20-49-39(31)29(5)60-9)24-48(6,7)26-62-47(59)34-17-14-22-55(51-34)46(58)41(42(61-11-2)43-50-35(30)25-63-43)52(8)44(56)37-28(4)38(37)45(57)54-21-13-15-27(54)3/h12,16,18-20,23,25,27-29,34,37-38,41-42,51H,8,10-11,13-15,17,21-22,24,26H2,1-7,9H3/q+1/t27-,28+,29-,34-,37+,38+,41-,42-/m0/s1. The van der Waals surface area contributed by atoms with E-state index in [9.17, 15) is 19.2 Å². The summed E-state index contributed by atoms with van der Waals surface area (Å²) in [6, 6.07) is 8.47. The van der Waals surface area contributed by atoms with Crippen molar-refractivity contribution >= 4 is 52.6 Å². The Balaban J connectivity index is 1.24. The molecule has 6 heterocycles. The van der Waals surface area contributed by atoms with Gasteiger partial charge in [0, 0.05) is 78.4 Å². The Morgan fingerprint density at radius 3 is 2.60 bits per heavy atom. The molecule has 3 aromatic heterocycles. The van der Waals surface area contributed by atoms with Gasteiger partial charge in [-0.3, -0.25) is 24.4 Å². The molecule has 15 heteroatoms. The number of hydrazine groups is 1. The van der Waals surface area contributed by atoms with E-state index >= 15 is 0 Å². The zero-order valence-corrected chi connectivity index (χ0v) is 38.7. The second-order valence-corrected chi connectivity index (χ2v) is 19.4. The summed E-state index contributed by atoms with van der Waals surface area (Å²) in [5.74, 6) is -2.67. The lowest BCUT2D eigenvalue weighted by atomic mass is 9.84. The maximum absolute atomic E-state index is 15.0. The van der Waals surface area contributed by atoms with Gasteiger partial charge in [-0.15, -0.1) is 11.3 Å². The van der Waals surface area contributed by atoms with Crippen LogP contribution in [0.2, 0.25) is 0 Å². The van der Waals surface area contributed by atoms with Crippen molar-refractivity contribution in [1.82, 2.24) is 29.9 Å². The number of amides is 3. The first-order valence-electron chi connectivity index (χ1n) is 22.6. The summed E-state index contributed by atoms with van der Waals surface area (Å²) >= 11 is 1.36. The molecule has 4 aliphatic rings. The van der Waals surface area contributed by atoms with Crippen LogP contribution in [-0.4, -0.2) is 111 Å². The van der Waals surface area contributed by atoms with Crippen LogP contribution in [0, 0.1) is 23.2 Å². The average Bonchev–Trinajstić information content (AvgIpc) is 3.63. The Bertz CT molecular complexity index is 2430. The van der Waals surface area contributed by atoms with Gasteiger partial charge in [-0.1, -0.05) is 26.8 Å². The second-order valence-electron chi connectivity index (χ2n) is 18.5. The molecular weight excluding hydrogens is 819 g/mol. The Kier molecular flexibility index (Phi) is 12.8. The second kappa shape index (κ2) is 18.0. The third kappa shape index (κ3) is 8.37. The molecule has 1 aliphatic carbocycles. The van der Waals surface area contributed by atoms with Crippen LogP contribution in [-0.2, 0) is 46.4 Å². The van der Waals surface area contributed by atoms with Crippen molar-refractivity contribution < 1.29 is 38.0 Å². The van der Waals surface area contributed by atoms with Crippen LogP contribution in [0.1, 0.15) is 103 Å². The predicted molar refractivity (Wildman–Crippen MR) is 241 cm³/mol. The molecule has 2 saturated heterocycles. The Morgan fingerprint density at radius 1 is 1.11 bits per heavy atom. The number of carbonyl (C=O) groups is 4. The van der Waals surface area contributed by atoms with Gasteiger partial charge >= 0.3 is 17.8 Å². The van der Waals surface area contributed by atoms with Gasteiger partial charge in [0.25, 0.3) is 6.04 Å². The smallest absolute Gasteiger partial charge is 0.391 e. The molecule has 0 radical (unpaired) electrons. The highest BCUT2D eigenvalue weighted by molar-refractivity contribution is 7.10. The summed E-state index contributed by atoms with van der Waals surface area (Å²) in [6.45, 7) is 20.4. The van der Waals surface area contributed by atoms with Gasteiger partial charge in [0.15, 0.2) is 6.10 Å². The number of hydrogen-bond donors (Lipinski definition) is 1. The fourth-order valence-electron chi connectivity index (χ4n) is 10.1.